The van der Waals surface area contributed by atoms with Crippen LogP contribution in [-0.2, 0) is 21.9 Å². The molecule has 0 fully saturated rings. The summed E-state index contributed by atoms with van der Waals surface area (Å²) in [7, 11) is 0. The SMILES string of the molecule is CCCNC(=O)C(C)N(Cc1ccccc1)C(=O)CCSCc1ccccc1. The van der Waals surface area contributed by atoms with Crippen LogP contribution in [-0.4, -0.2) is 35.1 Å². The highest BCUT2D eigenvalue weighted by molar-refractivity contribution is 7.98. The number of hydrogen-bond donors (Lipinski definition) is 1. The third kappa shape index (κ3) is 7.39. The Labute approximate surface area is 172 Å². The van der Waals surface area contributed by atoms with Crippen molar-refractivity contribution in [2.45, 2.75) is 45.0 Å². The zero-order chi connectivity index (χ0) is 20.2. The molecular formula is C23H30N2O2S. The first-order chi connectivity index (χ1) is 13.6. The molecule has 5 heteroatoms. The van der Waals surface area contributed by atoms with Crippen LogP contribution in [0.2, 0.25) is 0 Å². The molecular weight excluding hydrogens is 368 g/mol. The van der Waals surface area contributed by atoms with Crippen molar-refractivity contribution in [3.63, 3.8) is 0 Å². The number of hydrogen-bond acceptors (Lipinski definition) is 3. The number of amides is 2. The normalized spacial score (nSPS) is 11.6. The summed E-state index contributed by atoms with van der Waals surface area (Å²) in [5.74, 6) is 1.55. The summed E-state index contributed by atoms with van der Waals surface area (Å²) < 4.78 is 0. The van der Waals surface area contributed by atoms with Crippen LogP contribution in [0.25, 0.3) is 0 Å². The van der Waals surface area contributed by atoms with E-state index >= 15 is 0 Å². The minimum Gasteiger partial charge on any atom is -0.354 e. The number of nitrogens with one attached hydrogen (secondary N) is 1. The lowest BCUT2D eigenvalue weighted by Gasteiger charge is -2.29. The third-order valence-corrected chi connectivity index (χ3v) is 5.51. The van der Waals surface area contributed by atoms with Gasteiger partial charge in [0.05, 0.1) is 0 Å². The van der Waals surface area contributed by atoms with Crippen LogP contribution in [0.4, 0.5) is 0 Å². The van der Waals surface area contributed by atoms with E-state index in [1.54, 1.807) is 16.7 Å². The summed E-state index contributed by atoms with van der Waals surface area (Å²) in [6.07, 6.45) is 1.30. The Morgan fingerprint density at radius 2 is 1.61 bits per heavy atom. The highest BCUT2D eigenvalue weighted by Crippen LogP contribution is 2.16. The van der Waals surface area contributed by atoms with Gasteiger partial charge in [-0.05, 0) is 24.5 Å². The van der Waals surface area contributed by atoms with Gasteiger partial charge in [-0.15, -0.1) is 0 Å². The van der Waals surface area contributed by atoms with E-state index in [2.05, 4.69) is 17.4 Å². The molecule has 0 saturated carbocycles. The van der Waals surface area contributed by atoms with Gasteiger partial charge in [0.15, 0.2) is 0 Å². The molecule has 0 bridgehead atoms. The molecule has 4 nitrogen and oxygen atoms in total. The van der Waals surface area contributed by atoms with Gasteiger partial charge in [0.25, 0.3) is 0 Å². The van der Waals surface area contributed by atoms with E-state index < -0.39 is 6.04 Å². The summed E-state index contributed by atoms with van der Waals surface area (Å²) in [5, 5.41) is 2.90. The van der Waals surface area contributed by atoms with E-state index in [-0.39, 0.29) is 11.8 Å². The number of carbonyl (C=O) groups excluding carboxylic acids is 2. The quantitative estimate of drug-likeness (QED) is 0.576. The molecule has 0 aliphatic heterocycles. The standard InChI is InChI=1S/C23H30N2O2S/c1-3-15-24-23(27)19(2)25(17-20-10-6-4-7-11-20)22(26)14-16-28-18-21-12-8-5-9-13-21/h4-13,19H,3,14-18H2,1-2H3,(H,24,27). The molecule has 150 valence electrons. The summed E-state index contributed by atoms with van der Waals surface area (Å²) in [6.45, 7) is 4.90. The van der Waals surface area contributed by atoms with Crippen molar-refractivity contribution in [3.8, 4) is 0 Å². The maximum atomic E-state index is 12.9. The molecule has 1 unspecified atom stereocenters. The van der Waals surface area contributed by atoms with Crippen LogP contribution in [0, 0.1) is 0 Å². The number of nitrogens with zero attached hydrogens (tertiary/aromatic N) is 1. The Morgan fingerprint density at radius 1 is 1.00 bits per heavy atom. The van der Waals surface area contributed by atoms with Gasteiger partial charge in [-0.3, -0.25) is 9.59 Å². The molecule has 0 heterocycles. The third-order valence-electron chi connectivity index (χ3n) is 4.48. The van der Waals surface area contributed by atoms with Gasteiger partial charge in [0, 0.05) is 31.0 Å². The van der Waals surface area contributed by atoms with Crippen molar-refractivity contribution in [3.05, 3.63) is 71.8 Å². The van der Waals surface area contributed by atoms with Crippen LogP contribution < -0.4 is 5.32 Å². The molecule has 2 aromatic carbocycles. The van der Waals surface area contributed by atoms with Gasteiger partial charge >= 0.3 is 0 Å². The van der Waals surface area contributed by atoms with Gasteiger partial charge in [-0.1, -0.05) is 67.6 Å². The second kappa shape index (κ2) is 12.2. The molecule has 0 aromatic heterocycles. The van der Waals surface area contributed by atoms with Crippen molar-refractivity contribution in [1.82, 2.24) is 10.2 Å². The molecule has 0 aliphatic carbocycles. The Morgan fingerprint density at radius 3 is 2.21 bits per heavy atom. The maximum Gasteiger partial charge on any atom is 0.242 e. The van der Waals surface area contributed by atoms with Gasteiger partial charge in [0.2, 0.25) is 11.8 Å². The number of carbonyl (C=O) groups is 2. The van der Waals surface area contributed by atoms with E-state index in [4.69, 9.17) is 0 Å². The minimum atomic E-state index is -0.488. The summed E-state index contributed by atoms with van der Waals surface area (Å²) in [6, 6.07) is 19.6. The molecule has 0 radical (unpaired) electrons. The molecule has 2 aromatic rings. The first kappa shape index (κ1) is 22.0. The van der Waals surface area contributed by atoms with Gasteiger partial charge in [0.1, 0.15) is 6.04 Å². The number of benzene rings is 2. The first-order valence-corrected chi connectivity index (χ1v) is 11.0. The highest BCUT2D eigenvalue weighted by Gasteiger charge is 2.25. The van der Waals surface area contributed by atoms with E-state index in [0.29, 0.717) is 19.5 Å². The second-order valence-electron chi connectivity index (χ2n) is 6.76. The molecule has 2 rings (SSSR count). The minimum absolute atomic E-state index is 0.0172. The van der Waals surface area contributed by atoms with Crippen molar-refractivity contribution in [1.29, 1.82) is 0 Å². The average molecular weight is 399 g/mol. The first-order valence-electron chi connectivity index (χ1n) is 9.84. The fourth-order valence-corrected chi connectivity index (χ4v) is 3.72. The van der Waals surface area contributed by atoms with Crippen molar-refractivity contribution < 1.29 is 9.59 Å². The predicted molar refractivity (Wildman–Crippen MR) is 117 cm³/mol. The second-order valence-corrected chi connectivity index (χ2v) is 7.87. The fraction of sp³-hybridized carbons (Fsp3) is 0.391. The Balaban J connectivity index is 1.94. The van der Waals surface area contributed by atoms with Crippen LogP contribution in [0.3, 0.4) is 0 Å². The molecule has 1 N–H and O–H groups in total. The Kier molecular flexibility index (Phi) is 9.63. The van der Waals surface area contributed by atoms with E-state index in [9.17, 15) is 9.59 Å². The number of thioether (sulfide) groups is 1. The van der Waals surface area contributed by atoms with Gasteiger partial charge in [-0.25, -0.2) is 0 Å². The monoisotopic (exact) mass is 398 g/mol. The molecule has 2 amide bonds. The maximum absolute atomic E-state index is 12.9. The van der Waals surface area contributed by atoms with Crippen molar-refractivity contribution in [2.75, 3.05) is 12.3 Å². The van der Waals surface area contributed by atoms with Crippen molar-refractivity contribution >= 4 is 23.6 Å². The molecule has 1 atom stereocenters. The lowest BCUT2D eigenvalue weighted by molar-refractivity contribution is -0.140. The Hall–Kier alpha value is -2.27. The molecule has 28 heavy (non-hydrogen) atoms. The topological polar surface area (TPSA) is 49.4 Å². The lowest BCUT2D eigenvalue weighted by atomic mass is 10.1. The van der Waals surface area contributed by atoms with E-state index in [1.807, 2.05) is 62.4 Å². The summed E-state index contributed by atoms with van der Waals surface area (Å²) >= 11 is 1.74. The van der Waals surface area contributed by atoms with Crippen LogP contribution in [0.1, 0.15) is 37.8 Å². The molecule has 0 spiro atoms. The zero-order valence-electron chi connectivity index (χ0n) is 16.8. The van der Waals surface area contributed by atoms with Crippen molar-refractivity contribution in [2.24, 2.45) is 0 Å². The largest absolute Gasteiger partial charge is 0.354 e. The average Bonchev–Trinajstić information content (AvgIpc) is 2.74. The predicted octanol–water partition coefficient (Wildman–Crippen LogP) is 4.25. The van der Waals surface area contributed by atoms with Gasteiger partial charge in [-0.2, -0.15) is 11.8 Å². The number of rotatable bonds is 11. The van der Waals surface area contributed by atoms with Crippen LogP contribution >= 0.6 is 11.8 Å². The smallest absolute Gasteiger partial charge is 0.242 e. The molecule has 0 saturated heterocycles. The van der Waals surface area contributed by atoms with E-state index in [0.717, 1.165) is 23.5 Å². The Bertz CT molecular complexity index is 722. The van der Waals surface area contributed by atoms with Crippen LogP contribution in [0.15, 0.2) is 60.7 Å². The fourth-order valence-electron chi connectivity index (χ4n) is 2.83. The van der Waals surface area contributed by atoms with Gasteiger partial charge < -0.3 is 10.2 Å². The zero-order valence-corrected chi connectivity index (χ0v) is 17.6. The lowest BCUT2D eigenvalue weighted by Crippen LogP contribution is -2.47. The summed E-state index contributed by atoms with van der Waals surface area (Å²) in [4.78, 5) is 27.1. The summed E-state index contributed by atoms with van der Waals surface area (Å²) in [5.41, 5.74) is 2.29. The molecule has 0 aliphatic rings. The van der Waals surface area contributed by atoms with E-state index in [1.165, 1.54) is 5.56 Å². The van der Waals surface area contributed by atoms with Crippen LogP contribution in [0.5, 0.6) is 0 Å². The highest BCUT2D eigenvalue weighted by atomic mass is 32.2.